The molecular weight excluding hydrogens is 449 g/mol. The molecule has 0 aliphatic carbocycles. The number of nitrogens with two attached hydrogens (primary N) is 2. The van der Waals surface area contributed by atoms with Gasteiger partial charge in [-0.05, 0) is 42.0 Å². The minimum atomic E-state index is -1.16. The number of phenols is 1. The number of rotatable bonds is 8. The minimum absolute atomic E-state index is 0.154. The third-order valence-electron chi connectivity index (χ3n) is 3.89. The number of hydrogen-bond acceptors (Lipinski definition) is 5. The highest BCUT2D eigenvalue weighted by Gasteiger charge is 2.20. The van der Waals surface area contributed by atoms with Gasteiger partial charge in [0.25, 0.3) is 5.91 Å². The fourth-order valence-electron chi connectivity index (χ4n) is 2.63. The Labute approximate surface area is 186 Å². The van der Waals surface area contributed by atoms with Crippen LogP contribution < -0.4 is 22.1 Å². The fraction of sp³-hybridized carbons (Fsp3) is 0.158. The number of nitrogens with one attached hydrogen (secondary N) is 2. The van der Waals surface area contributed by atoms with E-state index in [9.17, 15) is 19.5 Å². The Bertz CT molecular complexity index is 1020. The molecule has 2 aromatic rings. The van der Waals surface area contributed by atoms with Crippen LogP contribution in [0.4, 0.5) is 5.69 Å². The number of nitrogens with zero attached hydrogens (tertiary/aromatic N) is 1. The van der Waals surface area contributed by atoms with Crippen molar-refractivity contribution in [3.05, 3.63) is 57.6 Å². The van der Waals surface area contributed by atoms with Crippen molar-refractivity contribution in [2.24, 2.45) is 16.5 Å². The van der Waals surface area contributed by atoms with Crippen molar-refractivity contribution in [3.63, 3.8) is 0 Å². The lowest BCUT2D eigenvalue weighted by Crippen LogP contribution is -2.39. The topological polar surface area (TPSA) is 180 Å². The molecule has 1 atom stereocenters. The predicted octanol–water partition coefficient (Wildman–Crippen LogP) is 1.67. The minimum Gasteiger partial charge on any atom is -0.507 e. The van der Waals surface area contributed by atoms with Crippen LogP contribution >= 0.6 is 23.2 Å². The molecule has 8 N–H and O–H groups in total. The summed E-state index contributed by atoms with van der Waals surface area (Å²) in [4.78, 5) is 39.6. The van der Waals surface area contributed by atoms with Crippen molar-refractivity contribution in [3.8, 4) is 5.75 Å². The molecule has 2 aromatic carbocycles. The number of amides is 2. The van der Waals surface area contributed by atoms with Crippen LogP contribution in [0.1, 0.15) is 28.4 Å². The van der Waals surface area contributed by atoms with Crippen molar-refractivity contribution in [2.75, 3.05) is 6.54 Å². The van der Waals surface area contributed by atoms with Crippen molar-refractivity contribution >= 4 is 52.6 Å². The summed E-state index contributed by atoms with van der Waals surface area (Å²) < 4.78 is 0. The number of benzene rings is 2. The van der Waals surface area contributed by atoms with Crippen molar-refractivity contribution in [2.45, 2.75) is 12.5 Å². The zero-order valence-electron chi connectivity index (χ0n) is 15.9. The fourth-order valence-corrected chi connectivity index (χ4v) is 3.17. The van der Waals surface area contributed by atoms with Gasteiger partial charge < -0.3 is 32.3 Å². The second-order valence-corrected chi connectivity index (χ2v) is 7.21. The first-order valence-electron chi connectivity index (χ1n) is 8.73. The number of carboxylic acid groups (broad SMARTS) is 1. The van der Waals surface area contributed by atoms with Crippen molar-refractivity contribution < 1.29 is 24.6 Å². The molecule has 0 heterocycles. The molecule has 12 heteroatoms. The molecule has 10 nitrogen and oxygen atoms in total. The van der Waals surface area contributed by atoms with Gasteiger partial charge in [0.2, 0.25) is 5.91 Å². The van der Waals surface area contributed by atoms with E-state index in [0.717, 1.165) is 0 Å². The van der Waals surface area contributed by atoms with Gasteiger partial charge in [0.15, 0.2) is 5.96 Å². The van der Waals surface area contributed by atoms with E-state index in [4.69, 9.17) is 39.8 Å². The number of aliphatic carboxylic acids is 1. The lowest BCUT2D eigenvalue weighted by atomic mass is 10.0. The maximum absolute atomic E-state index is 12.3. The lowest BCUT2D eigenvalue weighted by Gasteiger charge is -2.18. The van der Waals surface area contributed by atoms with Gasteiger partial charge in [-0.3, -0.25) is 14.4 Å². The van der Waals surface area contributed by atoms with Crippen LogP contribution in [0.25, 0.3) is 0 Å². The Balaban J connectivity index is 2.09. The van der Waals surface area contributed by atoms with Crippen LogP contribution in [0.5, 0.6) is 5.75 Å². The number of guanidine groups is 1. The summed E-state index contributed by atoms with van der Waals surface area (Å²) >= 11 is 11.9. The zero-order valence-corrected chi connectivity index (χ0v) is 17.4. The Hall–Kier alpha value is -3.50. The van der Waals surface area contributed by atoms with E-state index >= 15 is 0 Å². The van der Waals surface area contributed by atoms with Crippen LogP contribution in [-0.4, -0.2) is 40.5 Å². The smallest absolute Gasteiger partial charge is 0.305 e. The largest absolute Gasteiger partial charge is 0.507 e. The highest BCUT2D eigenvalue weighted by atomic mass is 35.5. The Morgan fingerprint density at radius 2 is 1.71 bits per heavy atom. The summed E-state index contributed by atoms with van der Waals surface area (Å²) in [7, 11) is 0. The van der Waals surface area contributed by atoms with Crippen LogP contribution in [0.3, 0.4) is 0 Å². The number of halogens is 2. The first kappa shape index (κ1) is 23.8. The molecule has 0 saturated heterocycles. The average molecular weight is 468 g/mol. The zero-order chi connectivity index (χ0) is 23.1. The molecule has 0 aliphatic rings. The molecule has 0 fully saturated rings. The van der Waals surface area contributed by atoms with Gasteiger partial charge in [0.1, 0.15) is 5.75 Å². The third kappa shape index (κ3) is 7.36. The summed E-state index contributed by atoms with van der Waals surface area (Å²) in [6, 6.07) is 7.35. The second kappa shape index (κ2) is 10.5. The SMILES string of the molecule is NC(N)=Nc1ccc(O)c(C(=O)NCC(=O)NC(CC(=O)O)c2cc(Cl)cc(Cl)c2)c1. The number of phenolic OH excluding ortho intramolecular Hbond substituents is 1. The summed E-state index contributed by atoms with van der Waals surface area (Å²) in [6.45, 7) is -0.491. The van der Waals surface area contributed by atoms with E-state index in [1.54, 1.807) is 0 Å². The summed E-state index contributed by atoms with van der Waals surface area (Å²) in [5.41, 5.74) is 11.0. The molecular formula is C19H19Cl2N5O5. The number of aliphatic imine (C=N–C) groups is 1. The maximum atomic E-state index is 12.3. The first-order chi connectivity index (χ1) is 14.5. The summed E-state index contributed by atoms with van der Waals surface area (Å²) in [5, 5.41) is 24.4. The van der Waals surface area contributed by atoms with Gasteiger partial charge in [-0.25, -0.2) is 4.99 Å². The van der Waals surface area contributed by atoms with Gasteiger partial charge in [0.05, 0.1) is 30.3 Å². The summed E-state index contributed by atoms with van der Waals surface area (Å²) in [5.74, 6) is -3.17. The van der Waals surface area contributed by atoms with E-state index in [1.807, 2.05) is 0 Å². The number of aromatic hydroxyl groups is 1. The second-order valence-electron chi connectivity index (χ2n) is 6.34. The van der Waals surface area contributed by atoms with Crippen LogP contribution in [0.2, 0.25) is 10.0 Å². The van der Waals surface area contributed by atoms with E-state index in [-0.39, 0.29) is 33.0 Å². The number of carboxylic acids is 1. The molecule has 0 bridgehead atoms. The molecule has 2 amide bonds. The molecule has 0 saturated carbocycles. The number of hydrogen-bond donors (Lipinski definition) is 6. The summed E-state index contributed by atoms with van der Waals surface area (Å²) in [6.07, 6.45) is -0.433. The average Bonchev–Trinajstić information content (AvgIpc) is 2.65. The first-order valence-corrected chi connectivity index (χ1v) is 9.48. The van der Waals surface area contributed by atoms with Crippen molar-refractivity contribution in [1.82, 2.24) is 10.6 Å². The molecule has 2 rings (SSSR count). The predicted molar refractivity (Wildman–Crippen MR) is 116 cm³/mol. The Morgan fingerprint density at radius 3 is 2.29 bits per heavy atom. The van der Waals surface area contributed by atoms with Gasteiger partial charge in [-0.1, -0.05) is 23.2 Å². The monoisotopic (exact) mass is 467 g/mol. The number of carbonyl (C=O) groups excluding carboxylic acids is 2. The molecule has 0 aliphatic heterocycles. The van der Waals surface area contributed by atoms with E-state index in [1.165, 1.54) is 36.4 Å². The quantitative estimate of drug-likeness (QED) is 0.252. The maximum Gasteiger partial charge on any atom is 0.305 e. The van der Waals surface area contributed by atoms with Crippen LogP contribution in [-0.2, 0) is 9.59 Å². The van der Waals surface area contributed by atoms with Gasteiger partial charge in [-0.2, -0.15) is 0 Å². The molecule has 164 valence electrons. The Kier molecular flexibility index (Phi) is 8.06. The molecule has 0 spiro atoms. The molecule has 1 unspecified atom stereocenters. The van der Waals surface area contributed by atoms with Crippen LogP contribution in [0, 0.1) is 0 Å². The van der Waals surface area contributed by atoms with Crippen LogP contribution in [0.15, 0.2) is 41.4 Å². The molecule has 0 radical (unpaired) electrons. The van der Waals surface area contributed by atoms with Crippen molar-refractivity contribution in [1.29, 1.82) is 0 Å². The van der Waals surface area contributed by atoms with Gasteiger partial charge >= 0.3 is 5.97 Å². The van der Waals surface area contributed by atoms with E-state index in [0.29, 0.717) is 5.56 Å². The molecule has 31 heavy (non-hydrogen) atoms. The highest BCUT2D eigenvalue weighted by Crippen LogP contribution is 2.26. The van der Waals surface area contributed by atoms with E-state index < -0.39 is 36.8 Å². The Morgan fingerprint density at radius 1 is 1.06 bits per heavy atom. The van der Waals surface area contributed by atoms with Gasteiger partial charge in [-0.15, -0.1) is 0 Å². The number of carbonyl (C=O) groups is 3. The third-order valence-corrected chi connectivity index (χ3v) is 4.33. The highest BCUT2D eigenvalue weighted by molar-refractivity contribution is 6.34. The molecule has 0 aromatic heterocycles. The normalized spacial score (nSPS) is 11.3. The van der Waals surface area contributed by atoms with Gasteiger partial charge in [0, 0.05) is 10.0 Å². The standard InChI is InChI=1S/C19H19Cl2N5O5/c20-10-3-9(4-11(21)5-10)14(7-17(29)30)26-16(28)8-24-18(31)13-6-12(25-19(22)23)1-2-15(13)27/h1-6,14,27H,7-8H2,(H,24,31)(H,26,28)(H,29,30)(H4,22,23,25). The van der Waals surface area contributed by atoms with E-state index in [2.05, 4.69) is 15.6 Å². The lowest BCUT2D eigenvalue weighted by molar-refractivity contribution is -0.137.